The van der Waals surface area contributed by atoms with Crippen LogP contribution in [0.5, 0.6) is 0 Å². The zero-order chi connectivity index (χ0) is 16.9. The molecule has 24 heavy (non-hydrogen) atoms. The number of anilines is 2. The Labute approximate surface area is 144 Å². The summed E-state index contributed by atoms with van der Waals surface area (Å²) in [5.74, 6) is 0.700. The number of aromatic nitrogens is 2. The maximum atomic E-state index is 11.9. The molecule has 0 saturated heterocycles. The van der Waals surface area contributed by atoms with E-state index in [9.17, 15) is 8.42 Å². The Morgan fingerprint density at radius 1 is 1.12 bits per heavy atom. The smallest absolute Gasteiger partial charge is 0.175 e. The highest BCUT2D eigenvalue weighted by molar-refractivity contribution is 7.90. The number of benzene rings is 2. The first-order chi connectivity index (χ1) is 11.4. The second-order valence-electron chi connectivity index (χ2n) is 5.82. The molecule has 1 aliphatic rings. The van der Waals surface area contributed by atoms with E-state index >= 15 is 0 Å². The summed E-state index contributed by atoms with van der Waals surface area (Å²) in [7, 11) is -3.30. The number of nitrogens with zero attached hydrogens (tertiary/aromatic N) is 3. The Bertz CT molecular complexity index is 1070. The van der Waals surface area contributed by atoms with Gasteiger partial charge in [0.2, 0.25) is 0 Å². The molecule has 0 atom stereocenters. The third kappa shape index (κ3) is 2.52. The van der Waals surface area contributed by atoms with Crippen molar-refractivity contribution >= 4 is 43.8 Å². The number of hydrogen-bond donors (Lipinski definition) is 0. The van der Waals surface area contributed by atoms with Crippen LogP contribution in [0.25, 0.3) is 10.9 Å². The van der Waals surface area contributed by atoms with Crippen molar-refractivity contribution in [2.24, 2.45) is 0 Å². The Kier molecular flexibility index (Phi) is 3.47. The van der Waals surface area contributed by atoms with Crippen LogP contribution in [0.4, 0.5) is 11.5 Å². The summed E-state index contributed by atoms with van der Waals surface area (Å²) >= 11 is 6.14. The Hall–Kier alpha value is -2.18. The fraction of sp³-hybridized carbons (Fsp3) is 0.176. The van der Waals surface area contributed by atoms with Gasteiger partial charge in [0.1, 0.15) is 12.1 Å². The Balaban J connectivity index is 1.94. The molecule has 0 N–H and O–H groups in total. The number of sulfone groups is 1. The van der Waals surface area contributed by atoms with Gasteiger partial charge in [-0.05, 0) is 42.3 Å². The van der Waals surface area contributed by atoms with Crippen LogP contribution in [0, 0.1) is 0 Å². The molecular weight excluding hydrogens is 346 g/mol. The van der Waals surface area contributed by atoms with E-state index in [-0.39, 0.29) is 4.90 Å². The maximum absolute atomic E-state index is 11.9. The number of halogens is 1. The molecule has 5 nitrogen and oxygen atoms in total. The van der Waals surface area contributed by atoms with E-state index in [0.29, 0.717) is 21.7 Å². The molecule has 0 unspecified atom stereocenters. The van der Waals surface area contributed by atoms with Gasteiger partial charge < -0.3 is 4.90 Å². The molecule has 0 radical (unpaired) electrons. The van der Waals surface area contributed by atoms with E-state index in [1.165, 1.54) is 18.1 Å². The van der Waals surface area contributed by atoms with Gasteiger partial charge in [-0.1, -0.05) is 17.7 Å². The summed E-state index contributed by atoms with van der Waals surface area (Å²) in [6.45, 7) is 0.769. The summed E-state index contributed by atoms with van der Waals surface area (Å²) in [5.41, 5.74) is 2.92. The van der Waals surface area contributed by atoms with Crippen molar-refractivity contribution in [1.29, 1.82) is 0 Å². The molecule has 2 aromatic carbocycles. The maximum Gasteiger partial charge on any atom is 0.175 e. The average molecular weight is 360 g/mol. The van der Waals surface area contributed by atoms with E-state index < -0.39 is 9.84 Å². The molecule has 0 aliphatic carbocycles. The molecule has 2 heterocycles. The normalized spacial score (nSPS) is 14.2. The minimum atomic E-state index is -3.30. The summed E-state index contributed by atoms with van der Waals surface area (Å²) in [6, 6.07) is 10.7. The van der Waals surface area contributed by atoms with Crippen LogP contribution < -0.4 is 4.90 Å². The highest BCUT2D eigenvalue weighted by Gasteiger charge is 2.24. The van der Waals surface area contributed by atoms with Gasteiger partial charge in [-0.15, -0.1) is 0 Å². The molecule has 122 valence electrons. The Morgan fingerprint density at radius 3 is 2.75 bits per heavy atom. The summed E-state index contributed by atoms with van der Waals surface area (Å²) in [5, 5.41) is 1.38. The highest BCUT2D eigenvalue weighted by Crippen LogP contribution is 2.38. The van der Waals surface area contributed by atoms with Crippen molar-refractivity contribution in [3.63, 3.8) is 0 Å². The van der Waals surface area contributed by atoms with Gasteiger partial charge in [-0.25, -0.2) is 18.4 Å². The summed E-state index contributed by atoms with van der Waals surface area (Å²) in [4.78, 5) is 11.0. The van der Waals surface area contributed by atoms with Crippen LogP contribution in [-0.2, 0) is 16.3 Å². The Morgan fingerprint density at radius 2 is 1.96 bits per heavy atom. The number of fused-ring (bicyclic) bond motifs is 2. The minimum Gasteiger partial charge on any atom is -0.325 e. The molecule has 1 aromatic heterocycles. The minimum absolute atomic E-state index is 0.261. The van der Waals surface area contributed by atoms with Crippen molar-refractivity contribution in [3.8, 4) is 0 Å². The third-order valence-corrected chi connectivity index (χ3v) is 5.56. The van der Waals surface area contributed by atoms with Gasteiger partial charge in [0.25, 0.3) is 0 Å². The lowest BCUT2D eigenvalue weighted by atomic mass is 10.2. The van der Waals surface area contributed by atoms with E-state index in [0.717, 1.165) is 18.7 Å². The van der Waals surface area contributed by atoms with Gasteiger partial charge in [0.05, 0.1) is 10.4 Å². The molecule has 0 fully saturated rings. The molecule has 0 bridgehead atoms. The van der Waals surface area contributed by atoms with Crippen LogP contribution in [0.3, 0.4) is 0 Å². The molecule has 3 aromatic rings. The van der Waals surface area contributed by atoms with Crippen molar-refractivity contribution < 1.29 is 8.42 Å². The first-order valence-corrected chi connectivity index (χ1v) is 9.71. The van der Waals surface area contributed by atoms with Gasteiger partial charge in [-0.3, -0.25) is 0 Å². The predicted octanol–water partition coefficient (Wildman–Crippen LogP) is 3.38. The fourth-order valence-electron chi connectivity index (χ4n) is 3.04. The van der Waals surface area contributed by atoms with Gasteiger partial charge >= 0.3 is 0 Å². The second-order valence-corrected chi connectivity index (χ2v) is 8.28. The quantitative estimate of drug-likeness (QED) is 0.701. The zero-order valence-corrected chi connectivity index (χ0v) is 14.5. The van der Waals surface area contributed by atoms with Crippen LogP contribution in [-0.4, -0.2) is 31.2 Å². The van der Waals surface area contributed by atoms with E-state index in [4.69, 9.17) is 11.6 Å². The molecule has 4 rings (SSSR count). The lowest BCUT2D eigenvalue weighted by Crippen LogP contribution is -2.15. The van der Waals surface area contributed by atoms with E-state index in [2.05, 4.69) is 14.9 Å². The van der Waals surface area contributed by atoms with E-state index in [1.54, 1.807) is 18.2 Å². The van der Waals surface area contributed by atoms with Gasteiger partial charge in [0.15, 0.2) is 9.84 Å². The topological polar surface area (TPSA) is 63.2 Å². The molecular formula is C17H14ClN3O2S. The van der Waals surface area contributed by atoms with Gasteiger partial charge in [0, 0.05) is 28.9 Å². The monoisotopic (exact) mass is 359 g/mol. The van der Waals surface area contributed by atoms with Crippen molar-refractivity contribution in [2.45, 2.75) is 11.3 Å². The number of hydrogen-bond acceptors (Lipinski definition) is 5. The molecule has 0 amide bonds. The standard InChI is InChI=1S/C17H14ClN3O2S/c1-24(22,23)13-4-5-15-14(9-13)17(20-10-19-15)21-7-6-11-2-3-12(18)8-16(11)21/h2-5,8-10H,6-7H2,1H3. The zero-order valence-electron chi connectivity index (χ0n) is 12.9. The van der Waals surface area contributed by atoms with Crippen LogP contribution in [0.15, 0.2) is 47.6 Å². The third-order valence-electron chi connectivity index (χ3n) is 4.21. The average Bonchev–Trinajstić information content (AvgIpc) is 2.95. The first kappa shape index (κ1) is 15.4. The van der Waals surface area contributed by atoms with Crippen LogP contribution >= 0.6 is 11.6 Å². The second kappa shape index (κ2) is 5.43. The molecule has 0 spiro atoms. The number of rotatable bonds is 2. The summed E-state index contributed by atoms with van der Waals surface area (Å²) in [6.07, 6.45) is 3.59. The van der Waals surface area contributed by atoms with Crippen LogP contribution in [0.1, 0.15) is 5.56 Å². The van der Waals surface area contributed by atoms with Crippen LogP contribution in [0.2, 0.25) is 5.02 Å². The van der Waals surface area contributed by atoms with E-state index in [1.807, 2.05) is 18.2 Å². The lowest BCUT2D eigenvalue weighted by Gasteiger charge is -2.20. The highest BCUT2D eigenvalue weighted by atomic mass is 35.5. The van der Waals surface area contributed by atoms with Gasteiger partial charge in [-0.2, -0.15) is 0 Å². The summed E-state index contributed by atoms with van der Waals surface area (Å²) < 4.78 is 23.8. The predicted molar refractivity (Wildman–Crippen MR) is 94.8 cm³/mol. The molecule has 0 saturated carbocycles. The first-order valence-electron chi connectivity index (χ1n) is 7.44. The fourth-order valence-corrected chi connectivity index (χ4v) is 3.85. The lowest BCUT2D eigenvalue weighted by molar-refractivity contribution is 0.602. The van der Waals surface area contributed by atoms with Crippen molar-refractivity contribution in [1.82, 2.24) is 9.97 Å². The van der Waals surface area contributed by atoms with Crippen molar-refractivity contribution in [3.05, 3.63) is 53.3 Å². The largest absolute Gasteiger partial charge is 0.325 e. The molecule has 7 heteroatoms. The molecule has 1 aliphatic heterocycles. The van der Waals surface area contributed by atoms with Crippen molar-refractivity contribution in [2.75, 3.05) is 17.7 Å². The SMILES string of the molecule is CS(=O)(=O)c1ccc2ncnc(N3CCc4ccc(Cl)cc43)c2c1.